The molecule has 0 radical (unpaired) electrons. The summed E-state index contributed by atoms with van der Waals surface area (Å²) in [7, 11) is 0. The molecule has 3 amide bonds. The highest BCUT2D eigenvalue weighted by Crippen LogP contribution is 2.22. The number of amides is 3. The van der Waals surface area contributed by atoms with Crippen molar-refractivity contribution < 1.29 is 57.6 Å². The summed E-state index contributed by atoms with van der Waals surface area (Å²) in [5, 5.41) is 23.1. The molecule has 1 atom stereocenters. The molecular weight excluding hydrogens is 779 g/mol. The van der Waals surface area contributed by atoms with Crippen molar-refractivity contribution >= 4 is 63.8 Å². The number of aromatic nitrogens is 1. The van der Waals surface area contributed by atoms with Crippen molar-refractivity contribution in [1.82, 2.24) is 15.6 Å². The fraction of sp³-hybridized carbons (Fsp3) is 0.474. The molecule has 0 aliphatic rings. The second-order valence-corrected chi connectivity index (χ2v) is 15.9. The molecule has 0 aliphatic heterocycles. The van der Waals surface area contributed by atoms with E-state index in [2.05, 4.69) is 37.7 Å². The van der Waals surface area contributed by atoms with Gasteiger partial charge in [0.05, 0.1) is 0 Å². The second-order valence-electron chi connectivity index (χ2n) is 15.0. The highest BCUT2D eigenvalue weighted by molar-refractivity contribution is 7.14. The van der Waals surface area contributed by atoms with Crippen molar-refractivity contribution in [2.45, 2.75) is 91.6 Å². The van der Waals surface area contributed by atoms with Crippen molar-refractivity contribution in [2.75, 3.05) is 31.6 Å². The monoisotopic (exact) mass is 831 g/mol. The van der Waals surface area contributed by atoms with E-state index in [1.54, 1.807) is 92.8 Å². The smallest absolute Gasteiger partial charge is 0.435 e. The Balaban J connectivity index is 2.26. The minimum Gasteiger partial charge on any atom is -0.489 e. The Labute approximate surface area is 341 Å². The molecule has 58 heavy (non-hydrogen) atoms. The zero-order valence-electron chi connectivity index (χ0n) is 34.1. The molecule has 1 heterocycles. The first-order valence-corrected chi connectivity index (χ1v) is 18.8. The molecular formula is C38H53N7O12S. The number of oxime groups is 1. The molecule has 19 nitrogen and oxygen atoms in total. The van der Waals surface area contributed by atoms with E-state index in [1.807, 2.05) is 0 Å². The molecule has 0 saturated heterocycles. The first-order chi connectivity index (χ1) is 27.0. The van der Waals surface area contributed by atoms with Crippen LogP contribution in [0.4, 0.5) is 19.5 Å². The number of nitrogens with one attached hydrogen (secondary N) is 3. The number of aliphatic imine (C=N–C) groups is 1. The molecule has 6 N–H and O–H groups in total. The van der Waals surface area contributed by atoms with Gasteiger partial charge in [-0.15, -0.1) is 11.3 Å². The lowest BCUT2D eigenvalue weighted by molar-refractivity contribution is -0.170. The molecule has 2 rings (SSSR count). The number of carbonyl (C=O) groups is 5. The van der Waals surface area contributed by atoms with Crippen LogP contribution in [0.2, 0.25) is 0 Å². The SMILES string of the molecule is C=CCOC(=O)/N=C(N)\C(=C/NCCCNC(=O)OC(C)(C)C)c1ccc(OCC(O/N=C(\C(=O)O)c2csc(NC(=O)OC(C)(C)C)n2)C(=O)OC(C)(C)C)cc1. The van der Waals surface area contributed by atoms with E-state index in [1.165, 1.54) is 11.5 Å². The van der Waals surface area contributed by atoms with Crippen LogP contribution in [0.5, 0.6) is 5.75 Å². The van der Waals surface area contributed by atoms with Crippen molar-refractivity contribution in [3.05, 3.63) is 59.8 Å². The van der Waals surface area contributed by atoms with Gasteiger partial charge in [-0.05, 0) is 86.4 Å². The van der Waals surface area contributed by atoms with E-state index in [9.17, 15) is 29.1 Å². The number of rotatable bonds is 18. The maximum absolute atomic E-state index is 13.1. The van der Waals surface area contributed by atoms with Crippen LogP contribution in [-0.4, -0.2) is 101 Å². The predicted octanol–water partition coefficient (Wildman–Crippen LogP) is 5.61. The first kappa shape index (κ1) is 48.0. The van der Waals surface area contributed by atoms with Crippen LogP contribution in [-0.2, 0) is 33.4 Å². The Morgan fingerprint density at radius 3 is 2.14 bits per heavy atom. The van der Waals surface area contributed by atoms with Crippen LogP contribution in [0.1, 0.15) is 80.0 Å². The number of anilines is 1. The lowest BCUT2D eigenvalue weighted by atomic mass is 10.1. The maximum Gasteiger partial charge on any atom is 0.435 e. The van der Waals surface area contributed by atoms with E-state index in [0.717, 1.165) is 11.3 Å². The number of benzene rings is 1. The quantitative estimate of drug-likeness (QED) is 0.0233. The molecule has 1 aromatic heterocycles. The Hall–Kier alpha value is -6.18. The number of thiazole rings is 1. The minimum absolute atomic E-state index is 0.0377. The summed E-state index contributed by atoms with van der Waals surface area (Å²) in [6, 6.07) is 6.31. The first-order valence-electron chi connectivity index (χ1n) is 17.9. The predicted molar refractivity (Wildman–Crippen MR) is 217 cm³/mol. The number of carboxylic acids is 1. The summed E-state index contributed by atoms with van der Waals surface area (Å²) in [5.41, 5.74) is 3.87. The summed E-state index contributed by atoms with van der Waals surface area (Å²) in [6.07, 6.45) is -0.358. The number of nitrogens with two attached hydrogens (primary N) is 1. The minimum atomic E-state index is -1.54. The molecule has 0 saturated carbocycles. The molecule has 318 valence electrons. The number of carbonyl (C=O) groups excluding carboxylic acids is 4. The summed E-state index contributed by atoms with van der Waals surface area (Å²) >= 11 is 0.919. The summed E-state index contributed by atoms with van der Waals surface area (Å²) in [6.45, 7) is 18.9. The van der Waals surface area contributed by atoms with Crippen molar-refractivity contribution in [1.29, 1.82) is 0 Å². The average molecular weight is 832 g/mol. The number of hydrogen-bond donors (Lipinski definition) is 5. The number of aliphatic carboxylic acids is 1. The number of nitrogens with zero attached hydrogens (tertiary/aromatic N) is 3. The van der Waals surface area contributed by atoms with Crippen molar-refractivity contribution in [3.63, 3.8) is 0 Å². The van der Waals surface area contributed by atoms with Crippen LogP contribution < -0.4 is 26.4 Å². The number of esters is 1. The Kier molecular flexibility index (Phi) is 18.1. The third-order valence-corrected chi connectivity index (χ3v) is 7.05. The van der Waals surface area contributed by atoms with Gasteiger partial charge >= 0.3 is 30.2 Å². The second kappa shape index (κ2) is 21.9. The highest BCUT2D eigenvalue weighted by atomic mass is 32.1. The van der Waals surface area contributed by atoms with Gasteiger partial charge in [-0.1, -0.05) is 29.9 Å². The zero-order chi connectivity index (χ0) is 43.7. The molecule has 0 spiro atoms. The number of carboxylic acid groups (broad SMARTS) is 1. The third-order valence-electron chi connectivity index (χ3n) is 6.29. The van der Waals surface area contributed by atoms with Crippen molar-refractivity contribution in [3.8, 4) is 5.75 Å². The topological polar surface area (TPSA) is 261 Å². The third kappa shape index (κ3) is 19.1. The van der Waals surface area contributed by atoms with Gasteiger partial charge in [0.2, 0.25) is 5.71 Å². The number of amidine groups is 1. The normalized spacial score (nSPS) is 13.0. The number of hydrogen-bond acceptors (Lipinski definition) is 15. The Morgan fingerprint density at radius 1 is 0.931 bits per heavy atom. The Morgan fingerprint density at radius 2 is 1.55 bits per heavy atom. The molecule has 20 heteroatoms. The lowest BCUT2D eigenvalue weighted by Gasteiger charge is -2.23. The van der Waals surface area contributed by atoms with E-state index in [-0.39, 0.29) is 29.0 Å². The van der Waals surface area contributed by atoms with E-state index in [4.69, 9.17) is 34.3 Å². The molecule has 0 bridgehead atoms. The van der Waals surface area contributed by atoms with Crippen LogP contribution in [0.15, 0.2) is 58.6 Å². The molecule has 1 aromatic carbocycles. The fourth-order valence-corrected chi connectivity index (χ4v) is 4.73. The maximum atomic E-state index is 13.1. The highest BCUT2D eigenvalue weighted by Gasteiger charge is 2.30. The zero-order valence-corrected chi connectivity index (χ0v) is 34.9. The Bertz CT molecular complexity index is 1840. The summed E-state index contributed by atoms with van der Waals surface area (Å²) < 4.78 is 26.6. The van der Waals surface area contributed by atoms with E-state index >= 15 is 0 Å². The van der Waals surface area contributed by atoms with Gasteiger partial charge in [-0.2, -0.15) is 4.99 Å². The van der Waals surface area contributed by atoms with Gasteiger partial charge < -0.3 is 50.0 Å². The van der Waals surface area contributed by atoms with Crippen molar-refractivity contribution in [2.24, 2.45) is 15.9 Å². The van der Waals surface area contributed by atoms with Crippen LogP contribution in [0.25, 0.3) is 5.57 Å². The van der Waals surface area contributed by atoms with Crippen LogP contribution in [0, 0.1) is 0 Å². The van der Waals surface area contributed by atoms with Gasteiger partial charge in [0.1, 0.15) is 47.3 Å². The fourth-order valence-electron chi connectivity index (χ4n) is 4.05. The van der Waals surface area contributed by atoms with Gasteiger partial charge in [-0.25, -0.2) is 29.0 Å². The molecule has 0 aliphatic carbocycles. The van der Waals surface area contributed by atoms with Gasteiger partial charge in [0, 0.05) is 30.2 Å². The standard InChI is InChI=1S/C38H53N7O12S/c1-11-19-52-34(50)43-29(39)25(20-40-17-12-18-41-33(49)55-37(5,6)7)23-13-15-24(16-14-23)53-21-27(31(48)54-36(2,3)4)57-45-28(30(46)47)26-22-58-32(42-26)44-35(51)56-38(8,9)10/h11,13-16,20,22,27,40H,1,12,17-19,21H2,2-10H3,(H,41,49)(H,46,47)(H2,39,43,50)(H,42,44,51)/b25-20-,45-28-. The van der Waals surface area contributed by atoms with E-state index < -0.39 is 65.4 Å². The lowest BCUT2D eigenvalue weighted by Crippen LogP contribution is -2.37. The van der Waals surface area contributed by atoms with Gasteiger partial charge in [0.15, 0.2) is 5.13 Å². The molecule has 0 fully saturated rings. The average Bonchev–Trinajstić information content (AvgIpc) is 3.53. The summed E-state index contributed by atoms with van der Waals surface area (Å²) in [5.74, 6) is -2.34. The van der Waals surface area contributed by atoms with Gasteiger partial charge in [-0.3, -0.25) is 5.32 Å². The van der Waals surface area contributed by atoms with Crippen LogP contribution >= 0.6 is 11.3 Å². The number of alkyl carbamates (subject to hydrolysis) is 1. The number of ether oxygens (including phenoxy) is 5. The summed E-state index contributed by atoms with van der Waals surface area (Å²) in [4.78, 5) is 74.8. The van der Waals surface area contributed by atoms with Crippen LogP contribution in [0.3, 0.4) is 0 Å². The molecule has 2 aromatic rings. The molecule has 1 unspecified atom stereocenters. The van der Waals surface area contributed by atoms with Gasteiger partial charge in [0.25, 0.3) is 6.10 Å². The largest absolute Gasteiger partial charge is 0.489 e. The van der Waals surface area contributed by atoms with E-state index in [0.29, 0.717) is 30.6 Å².